The second kappa shape index (κ2) is 5.11. The number of carbonyl (C=O) groups is 3. The Morgan fingerprint density at radius 3 is 2.41 bits per heavy atom. The van der Waals surface area contributed by atoms with Gasteiger partial charge in [0, 0.05) is 23.1 Å². The van der Waals surface area contributed by atoms with Crippen molar-refractivity contribution in [2.24, 2.45) is 0 Å². The maximum Gasteiger partial charge on any atom is 0.203 e. The molecule has 0 heterocycles. The lowest BCUT2D eigenvalue weighted by Crippen LogP contribution is -2.75. The van der Waals surface area contributed by atoms with Crippen molar-refractivity contribution in [1.29, 1.82) is 0 Å². The largest absolute Gasteiger partial charge is 0.507 e. The smallest absolute Gasteiger partial charge is 0.203 e. The van der Waals surface area contributed by atoms with E-state index >= 15 is 0 Å². The van der Waals surface area contributed by atoms with Crippen LogP contribution in [0.5, 0.6) is 5.75 Å². The van der Waals surface area contributed by atoms with Crippen molar-refractivity contribution in [2.45, 2.75) is 49.1 Å². The molecule has 8 heteroatoms. The number of allylic oxidation sites excluding steroid dienone is 1. The summed E-state index contributed by atoms with van der Waals surface area (Å²) < 4.78 is 0. The van der Waals surface area contributed by atoms with Gasteiger partial charge in [-0.2, -0.15) is 0 Å². The van der Waals surface area contributed by atoms with Gasteiger partial charge in [0.2, 0.25) is 5.78 Å². The molecule has 0 saturated heterocycles. The summed E-state index contributed by atoms with van der Waals surface area (Å²) >= 11 is 0. The third-order valence-corrected chi connectivity index (χ3v) is 5.99. The molecule has 1 aromatic carbocycles. The molecule has 0 aliphatic heterocycles. The first kappa shape index (κ1) is 18.0. The number of ketones is 3. The van der Waals surface area contributed by atoms with Crippen LogP contribution in [-0.2, 0) is 4.79 Å². The molecular weight excluding hydrogens is 356 g/mol. The first-order valence-corrected chi connectivity index (χ1v) is 8.50. The molecule has 27 heavy (non-hydrogen) atoms. The van der Waals surface area contributed by atoms with Gasteiger partial charge < -0.3 is 25.5 Å². The Hall–Kier alpha value is -2.39. The zero-order valence-corrected chi connectivity index (χ0v) is 14.4. The summed E-state index contributed by atoms with van der Waals surface area (Å²) in [4.78, 5) is 38.8. The van der Waals surface area contributed by atoms with E-state index in [4.69, 9.17) is 0 Å². The molecule has 5 N–H and O–H groups in total. The Morgan fingerprint density at radius 2 is 1.74 bits per heavy atom. The van der Waals surface area contributed by atoms with E-state index in [1.165, 1.54) is 18.2 Å². The highest BCUT2D eigenvalue weighted by Crippen LogP contribution is 2.53. The Morgan fingerprint density at radius 1 is 1.07 bits per heavy atom. The van der Waals surface area contributed by atoms with E-state index in [0.29, 0.717) is 0 Å². The normalized spacial score (nSPS) is 38.4. The van der Waals surface area contributed by atoms with Crippen LogP contribution < -0.4 is 0 Å². The van der Waals surface area contributed by atoms with Crippen molar-refractivity contribution < 1.29 is 39.9 Å². The number of benzene rings is 1. The number of carbonyl (C=O) groups excluding carboxylic acids is 3. The number of Topliss-reactive ketones (excluding diaryl/α,β-unsaturated/α-hetero) is 3. The monoisotopic (exact) mass is 374 g/mol. The summed E-state index contributed by atoms with van der Waals surface area (Å²) in [7, 11) is 0. The molecule has 0 amide bonds. The van der Waals surface area contributed by atoms with Gasteiger partial charge in [0.15, 0.2) is 17.2 Å². The highest BCUT2D eigenvalue weighted by atomic mass is 16.4. The first-order chi connectivity index (χ1) is 12.5. The Kier molecular flexibility index (Phi) is 3.40. The van der Waals surface area contributed by atoms with Gasteiger partial charge in [0.25, 0.3) is 0 Å². The van der Waals surface area contributed by atoms with Crippen molar-refractivity contribution in [3.05, 3.63) is 40.5 Å². The van der Waals surface area contributed by atoms with Gasteiger partial charge in [0.1, 0.15) is 17.5 Å². The number of fused-ring (bicyclic) bond motifs is 3. The fourth-order valence-corrected chi connectivity index (χ4v) is 4.61. The number of hydrogen-bond acceptors (Lipinski definition) is 8. The molecule has 0 radical (unpaired) electrons. The highest BCUT2D eigenvalue weighted by Gasteiger charge is 2.70. The third-order valence-electron chi connectivity index (χ3n) is 5.99. The summed E-state index contributed by atoms with van der Waals surface area (Å²) in [6.07, 6.45) is -3.03. The second-order valence-electron chi connectivity index (χ2n) is 7.75. The quantitative estimate of drug-likeness (QED) is 0.404. The third kappa shape index (κ3) is 1.98. The van der Waals surface area contributed by atoms with E-state index in [0.717, 1.165) is 6.92 Å². The number of aromatic hydroxyl groups is 1. The Balaban J connectivity index is 1.99. The number of hydrogen-bond donors (Lipinski definition) is 5. The summed E-state index contributed by atoms with van der Waals surface area (Å²) in [5.74, 6) is -3.33. The van der Waals surface area contributed by atoms with Crippen LogP contribution in [-0.4, -0.2) is 65.8 Å². The zero-order chi connectivity index (χ0) is 19.9. The summed E-state index contributed by atoms with van der Waals surface area (Å²) in [6, 6.07) is 3.86. The predicted molar refractivity (Wildman–Crippen MR) is 89.2 cm³/mol. The van der Waals surface area contributed by atoms with Gasteiger partial charge in [-0.1, -0.05) is 12.1 Å². The Labute approximate surface area is 153 Å². The maximum atomic E-state index is 13.1. The van der Waals surface area contributed by atoms with Gasteiger partial charge in [-0.25, -0.2) is 0 Å². The van der Waals surface area contributed by atoms with Crippen molar-refractivity contribution in [2.75, 3.05) is 0 Å². The molecule has 4 rings (SSSR count). The molecular formula is C19H18O8. The summed E-state index contributed by atoms with van der Waals surface area (Å²) in [6.45, 7) is 1.15. The van der Waals surface area contributed by atoms with Crippen LogP contribution in [0.2, 0.25) is 0 Å². The molecule has 1 aromatic rings. The van der Waals surface area contributed by atoms with Crippen LogP contribution in [0.15, 0.2) is 29.3 Å². The molecule has 0 unspecified atom stereocenters. The topological polar surface area (TPSA) is 152 Å². The number of aliphatic hydroxyl groups excluding tert-OH is 1. The lowest BCUT2D eigenvalue weighted by atomic mass is 9.54. The van der Waals surface area contributed by atoms with Crippen LogP contribution in [0.3, 0.4) is 0 Å². The number of rotatable bonds is 0. The van der Waals surface area contributed by atoms with E-state index in [9.17, 15) is 39.9 Å². The summed E-state index contributed by atoms with van der Waals surface area (Å²) in [5, 5.41) is 52.7. The van der Waals surface area contributed by atoms with E-state index in [2.05, 4.69) is 0 Å². The lowest BCUT2D eigenvalue weighted by molar-refractivity contribution is -0.224. The lowest BCUT2D eigenvalue weighted by Gasteiger charge is -2.55. The van der Waals surface area contributed by atoms with Gasteiger partial charge >= 0.3 is 0 Å². The molecule has 142 valence electrons. The first-order valence-electron chi connectivity index (χ1n) is 8.50. The molecule has 0 bridgehead atoms. The van der Waals surface area contributed by atoms with Crippen LogP contribution >= 0.6 is 0 Å². The van der Waals surface area contributed by atoms with Crippen molar-refractivity contribution >= 4 is 17.3 Å². The van der Waals surface area contributed by atoms with Crippen LogP contribution in [0.1, 0.15) is 46.9 Å². The summed E-state index contributed by atoms with van der Waals surface area (Å²) in [5.41, 5.74) is -8.24. The van der Waals surface area contributed by atoms with E-state index in [1.54, 1.807) is 0 Å². The van der Waals surface area contributed by atoms with Gasteiger partial charge in [-0.05, 0) is 25.8 Å². The SMILES string of the molecule is C[C@]1(O)C[C@]2(O)CCC3=C(C(=O)c4cccc(O)c4C3=O)[C@]2(O)C(=O)[C@@H]1O. The van der Waals surface area contributed by atoms with E-state index < -0.39 is 58.0 Å². The molecule has 4 atom stereocenters. The van der Waals surface area contributed by atoms with Crippen LogP contribution in [0, 0.1) is 0 Å². The van der Waals surface area contributed by atoms with Crippen molar-refractivity contribution in [1.82, 2.24) is 0 Å². The predicted octanol–water partition coefficient (Wildman–Crippen LogP) is -0.591. The van der Waals surface area contributed by atoms with Gasteiger partial charge in [0.05, 0.1) is 11.2 Å². The minimum absolute atomic E-state index is 0.133. The second-order valence-corrected chi connectivity index (χ2v) is 7.75. The average molecular weight is 374 g/mol. The molecule has 3 aliphatic rings. The van der Waals surface area contributed by atoms with Gasteiger partial charge in [-0.15, -0.1) is 0 Å². The number of phenols is 1. The van der Waals surface area contributed by atoms with Gasteiger partial charge in [-0.3, -0.25) is 14.4 Å². The minimum Gasteiger partial charge on any atom is -0.507 e. The van der Waals surface area contributed by atoms with Crippen molar-refractivity contribution in [3.63, 3.8) is 0 Å². The molecule has 0 aromatic heterocycles. The highest BCUT2D eigenvalue weighted by molar-refractivity contribution is 6.30. The van der Waals surface area contributed by atoms with E-state index in [-0.39, 0.29) is 29.5 Å². The van der Waals surface area contributed by atoms with Crippen molar-refractivity contribution in [3.8, 4) is 5.75 Å². The molecule has 1 saturated carbocycles. The molecule has 3 aliphatic carbocycles. The van der Waals surface area contributed by atoms with Crippen LogP contribution in [0.25, 0.3) is 0 Å². The molecule has 8 nitrogen and oxygen atoms in total. The number of phenolic OH excluding ortho intramolecular Hbond substituents is 1. The average Bonchev–Trinajstić information content (AvgIpc) is 2.59. The molecule has 1 fully saturated rings. The fourth-order valence-electron chi connectivity index (χ4n) is 4.61. The number of aliphatic hydroxyl groups is 4. The fraction of sp³-hybridized carbons (Fsp3) is 0.421. The van der Waals surface area contributed by atoms with Crippen LogP contribution in [0.4, 0.5) is 0 Å². The minimum atomic E-state index is -2.84. The Bertz CT molecular complexity index is 958. The standard InChI is InChI=1S/C19H18O8/c1-17(25)7-18(26)6-5-9-12(19(18,27)16(24)15(17)23)14(22)8-3-2-4-10(20)11(8)13(9)21/h2-4,15,20,23,25-27H,5-7H2,1H3/t15-,17-,18+,19-/m0/s1. The molecule has 0 spiro atoms. The van der Waals surface area contributed by atoms with E-state index in [1.807, 2.05) is 0 Å². The zero-order valence-electron chi connectivity index (χ0n) is 14.4. The maximum absolute atomic E-state index is 13.1.